The average Bonchev–Trinajstić information content (AvgIpc) is 2.48. The number of phenolic OH excluding ortho intramolecular Hbond substituents is 1. The second-order valence-corrected chi connectivity index (χ2v) is 5.93. The van der Waals surface area contributed by atoms with Crippen molar-refractivity contribution in [2.24, 2.45) is 5.92 Å². The summed E-state index contributed by atoms with van der Waals surface area (Å²) >= 11 is 6.12. The van der Waals surface area contributed by atoms with Gasteiger partial charge in [-0.05, 0) is 42.2 Å². The summed E-state index contributed by atoms with van der Waals surface area (Å²) in [5.41, 5.74) is 2.43. The van der Waals surface area contributed by atoms with Crippen LogP contribution in [-0.2, 0) is 6.42 Å². The Balaban J connectivity index is 2.04. The van der Waals surface area contributed by atoms with E-state index in [4.69, 9.17) is 11.6 Å². The van der Waals surface area contributed by atoms with Crippen molar-refractivity contribution < 1.29 is 9.90 Å². The van der Waals surface area contributed by atoms with Crippen LogP contribution in [0.25, 0.3) is 0 Å². The number of hydrogen-bond donors (Lipinski definition) is 1. The summed E-state index contributed by atoms with van der Waals surface area (Å²) in [7, 11) is 0. The highest BCUT2D eigenvalue weighted by Gasteiger charge is 2.28. The zero-order valence-electron chi connectivity index (χ0n) is 11.7. The van der Waals surface area contributed by atoms with Gasteiger partial charge in [0.05, 0.1) is 10.6 Å². The Kier molecular flexibility index (Phi) is 3.60. The van der Waals surface area contributed by atoms with Crippen molar-refractivity contribution in [2.45, 2.75) is 13.3 Å². The van der Waals surface area contributed by atoms with Gasteiger partial charge in [0.1, 0.15) is 5.75 Å². The van der Waals surface area contributed by atoms with Crippen molar-refractivity contribution in [1.82, 2.24) is 0 Å². The number of carbonyl (C=O) groups is 1. The van der Waals surface area contributed by atoms with Crippen molar-refractivity contribution in [3.05, 3.63) is 58.6 Å². The van der Waals surface area contributed by atoms with Crippen LogP contribution in [0.15, 0.2) is 42.5 Å². The second-order valence-electron chi connectivity index (χ2n) is 5.52. The second kappa shape index (κ2) is 5.41. The third kappa shape index (κ3) is 2.61. The SMILES string of the molecule is CC1Cc2ccccc2N(C(=O)c2cc(O)ccc2Cl)C1. The summed E-state index contributed by atoms with van der Waals surface area (Å²) in [5, 5.41) is 9.96. The molecule has 0 bridgehead atoms. The summed E-state index contributed by atoms with van der Waals surface area (Å²) in [6.45, 7) is 2.78. The molecule has 2 aromatic carbocycles. The average molecular weight is 302 g/mol. The molecule has 1 amide bonds. The number of hydrogen-bond acceptors (Lipinski definition) is 2. The fourth-order valence-electron chi connectivity index (χ4n) is 2.81. The number of halogens is 1. The Labute approximate surface area is 128 Å². The number of amides is 1. The predicted octanol–water partition coefficient (Wildman–Crippen LogP) is 3.88. The van der Waals surface area contributed by atoms with Gasteiger partial charge >= 0.3 is 0 Å². The van der Waals surface area contributed by atoms with E-state index in [0.29, 0.717) is 23.0 Å². The smallest absolute Gasteiger partial charge is 0.259 e. The zero-order chi connectivity index (χ0) is 15.0. The van der Waals surface area contributed by atoms with E-state index in [0.717, 1.165) is 12.1 Å². The monoisotopic (exact) mass is 301 g/mol. The first-order valence-electron chi connectivity index (χ1n) is 6.94. The van der Waals surface area contributed by atoms with Gasteiger partial charge in [-0.15, -0.1) is 0 Å². The molecule has 1 atom stereocenters. The van der Waals surface area contributed by atoms with E-state index in [-0.39, 0.29) is 11.7 Å². The lowest BCUT2D eigenvalue weighted by molar-refractivity contribution is 0.0980. The van der Waals surface area contributed by atoms with Crippen LogP contribution in [0.3, 0.4) is 0 Å². The van der Waals surface area contributed by atoms with E-state index in [2.05, 4.69) is 13.0 Å². The lowest BCUT2D eigenvalue weighted by Gasteiger charge is -2.33. The molecular weight excluding hydrogens is 286 g/mol. The molecule has 1 aliphatic heterocycles. The molecule has 108 valence electrons. The third-order valence-corrected chi connectivity index (χ3v) is 4.10. The summed E-state index contributed by atoms with van der Waals surface area (Å²) in [6, 6.07) is 12.4. The Morgan fingerprint density at radius 2 is 2.05 bits per heavy atom. The molecule has 1 N–H and O–H groups in total. The molecule has 0 radical (unpaired) electrons. The first-order chi connectivity index (χ1) is 10.1. The largest absolute Gasteiger partial charge is 0.508 e. The van der Waals surface area contributed by atoms with Crippen LogP contribution in [-0.4, -0.2) is 17.6 Å². The van der Waals surface area contributed by atoms with Gasteiger partial charge in [0.2, 0.25) is 0 Å². The quantitative estimate of drug-likeness (QED) is 0.868. The minimum Gasteiger partial charge on any atom is -0.508 e. The Morgan fingerprint density at radius 1 is 1.29 bits per heavy atom. The van der Waals surface area contributed by atoms with E-state index in [1.807, 2.05) is 18.2 Å². The molecule has 3 nitrogen and oxygen atoms in total. The Morgan fingerprint density at radius 3 is 2.86 bits per heavy atom. The highest BCUT2D eigenvalue weighted by Crippen LogP contribution is 2.32. The number of rotatable bonds is 1. The molecule has 0 fully saturated rings. The third-order valence-electron chi connectivity index (χ3n) is 3.77. The Bertz CT molecular complexity index is 699. The van der Waals surface area contributed by atoms with Crippen LogP contribution in [0.5, 0.6) is 5.75 Å². The maximum atomic E-state index is 12.8. The van der Waals surface area contributed by atoms with Crippen molar-refractivity contribution in [1.29, 1.82) is 0 Å². The zero-order valence-corrected chi connectivity index (χ0v) is 12.5. The lowest BCUT2D eigenvalue weighted by atomic mass is 9.93. The lowest BCUT2D eigenvalue weighted by Crippen LogP contribution is -2.39. The van der Waals surface area contributed by atoms with Gasteiger partial charge in [-0.1, -0.05) is 36.7 Å². The maximum Gasteiger partial charge on any atom is 0.259 e. The standard InChI is InChI=1S/C17H16ClNO2/c1-11-8-12-4-2-3-5-16(12)19(10-11)17(21)14-9-13(20)6-7-15(14)18/h2-7,9,11,20H,8,10H2,1H3. The maximum absolute atomic E-state index is 12.8. The van der Waals surface area contributed by atoms with E-state index >= 15 is 0 Å². The topological polar surface area (TPSA) is 40.5 Å². The number of benzene rings is 2. The summed E-state index contributed by atoms with van der Waals surface area (Å²) in [5.74, 6) is 0.260. The normalized spacial score (nSPS) is 17.4. The van der Waals surface area contributed by atoms with Crippen molar-refractivity contribution in [2.75, 3.05) is 11.4 Å². The van der Waals surface area contributed by atoms with Crippen LogP contribution in [0.2, 0.25) is 5.02 Å². The van der Waals surface area contributed by atoms with E-state index in [9.17, 15) is 9.90 Å². The highest BCUT2D eigenvalue weighted by molar-refractivity contribution is 6.34. The number of carbonyl (C=O) groups excluding carboxylic acids is 1. The summed E-state index contributed by atoms with van der Waals surface area (Å²) in [6.07, 6.45) is 0.966. The van der Waals surface area contributed by atoms with E-state index < -0.39 is 0 Å². The molecule has 21 heavy (non-hydrogen) atoms. The van der Waals surface area contributed by atoms with Crippen molar-refractivity contribution in [3.8, 4) is 5.75 Å². The predicted molar refractivity (Wildman–Crippen MR) is 84.1 cm³/mol. The molecule has 4 heteroatoms. The molecule has 0 saturated carbocycles. The van der Waals surface area contributed by atoms with Crippen LogP contribution in [0, 0.1) is 5.92 Å². The van der Waals surface area contributed by atoms with Crippen LogP contribution < -0.4 is 4.90 Å². The van der Waals surface area contributed by atoms with Gasteiger partial charge in [0, 0.05) is 12.2 Å². The highest BCUT2D eigenvalue weighted by atomic mass is 35.5. The number of fused-ring (bicyclic) bond motifs is 1. The van der Waals surface area contributed by atoms with Crippen LogP contribution in [0.1, 0.15) is 22.8 Å². The first-order valence-corrected chi connectivity index (χ1v) is 7.32. The molecule has 1 heterocycles. The number of phenols is 1. The summed E-state index contributed by atoms with van der Waals surface area (Å²) in [4.78, 5) is 14.6. The minimum absolute atomic E-state index is 0.0427. The van der Waals surface area contributed by atoms with Gasteiger partial charge in [-0.25, -0.2) is 0 Å². The molecule has 0 aromatic heterocycles. The van der Waals surface area contributed by atoms with Crippen LogP contribution in [0.4, 0.5) is 5.69 Å². The Hall–Kier alpha value is -2.00. The van der Waals surface area contributed by atoms with Gasteiger partial charge in [-0.3, -0.25) is 4.79 Å². The van der Waals surface area contributed by atoms with Gasteiger partial charge in [0.25, 0.3) is 5.91 Å². The number of aromatic hydroxyl groups is 1. The molecule has 1 aliphatic rings. The van der Waals surface area contributed by atoms with Crippen molar-refractivity contribution in [3.63, 3.8) is 0 Å². The fraction of sp³-hybridized carbons (Fsp3) is 0.235. The minimum atomic E-state index is -0.171. The molecule has 0 aliphatic carbocycles. The molecule has 0 saturated heterocycles. The molecule has 0 spiro atoms. The van der Waals surface area contributed by atoms with Gasteiger partial charge in [-0.2, -0.15) is 0 Å². The molecule has 1 unspecified atom stereocenters. The van der Waals surface area contributed by atoms with Gasteiger partial charge < -0.3 is 10.0 Å². The van der Waals surface area contributed by atoms with E-state index in [1.54, 1.807) is 11.0 Å². The molecule has 2 aromatic rings. The van der Waals surface area contributed by atoms with Gasteiger partial charge in [0.15, 0.2) is 0 Å². The number of nitrogens with zero attached hydrogens (tertiary/aromatic N) is 1. The number of anilines is 1. The van der Waals surface area contributed by atoms with E-state index in [1.165, 1.54) is 17.7 Å². The molecular formula is C17H16ClNO2. The molecule has 3 rings (SSSR count). The van der Waals surface area contributed by atoms with Crippen LogP contribution >= 0.6 is 11.6 Å². The first kappa shape index (κ1) is 14.0. The number of para-hydroxylation sites is 1. The fourth-order valence-corrected chi connectivity index (χ4v) is 3.01. The summed E-state index contributed by atoms with van der Waals surface area (Å²) < 4.78 is 0. The van der Waals surface area contributed by atoms with Crippen molar-refractivity contribution >= 4 is 23.2 Å².